The van der Waals surface area contributed by atoms with Gasteiger partial charge in [-0.05, 0) is 31.0 Å². The van der Waals surface area contributed by atoms with Gasteiger partial charge in [-0.15, -0.1) is 12.4 Å². The standard InChI is InChI=1S/C15H22N2O.ClH/c1-3-14(12-7-5-4-6-8-12)17-15(18)11(2)13-9-16-10-13;/h4-8,11,13-14,16H,3,9-10H2,1-2H3,(H,17,18);1H. The number of benzene rings is 1. The number of nitrogens with one attached hydrogen (secondary N) is 2. The third kappa shape index (κ3) is 3.95. The van der Waals surface area contributed by atoms with Crippen LogP contribution < -0.4 is 10.6 Å². The van der Waals surface area contributed by atoms with E-state index in [-0.39, 0.29) is 30.3 Å². The number of carbonyl (C=O) groups excluding carboxylic acids is 1. The number of hydrogen-bond donors (Lipinski definition) is 2. The third-order valence-electron chi connectivity index (χ3n) is 3.86. The maximum absolute atomic E-state index is 12.2. The fourth-order valence-electron chi connectivity index (χ4n) is 2.29. The van der Waals surface area contributed by atoms with E-state index < -0.39 is 0 Å². The van der Waals surface area contributed by atoms with Gasteiger partial charge in [0.2, 0.25) is 5.91 Å². The monoisotopic (exact) mass is 282 g/mol. The van der Waals surface area contributed by atoms with Crippen LogP contribution in [0.1, 0.15) is 31.9 Å². The highest BCUT2D eigenvalue weighted by atomic mass is 35.5. The molecule has 2 N–H and O–H groups in total. The van der Waals surface area contributed by atoms with E-state index >= 15 is 0 Å². The molecular formula is C15H23ClN2O. The van der Waals surface area contributed by atoms with Gasteiger partial charge in [0, 0.05) is 5.92 Å². The molecule has 2 atom stereocenters. The van der Waals surface area contributed by atoms with Crippen LogP contribution in [0.3, 0.4) is 0 Å². The van der Waals surface area contributed by atoms with Crippen LogP contribution in [0, 0.1) is 11.8 Å². The Morgan fingerprint density at radius 3 is 2.47 bits per heavy atom. The molecule has 0 spiro atoms. The summed E-state index contributed by atoms with van der Waals surface area (Å²) in [6.45, 7) is 6.07. The zero-order valence-corrected chi connectivity index (χ0v) is 12.4. The van der Waals surface area contributed by atoms with E-state index in [1.54, 1.807) is 0 Å². The van der Waals surface area contributed by atoms with Crippen molar-refractivity contribution < 1.29 is 4.79 Å². The summed E-state index contributed by atoms with van der Waals surface area (Å²) in [5.41, 5.74) is 1.19. The molecule has 0 saturated carbocycles. The van der Waals surface area contributed by atoms with E-state index in [0.29, 0.717) is 5.92 Å². The molecule has 1 aliphatic heterocycles. The maximum atomic E-state index is 12.2. The van der Waals surface area contributed by atoms with Crippen molar-refractivity contribution in [2.75, 3.05) is 13.1 Å². The molecule has 0 bridgehead atoms. The van der Waals surface area contributed by atoms with Crippen molar-refractivity contribution in [3.63, 3.8) is 0 Å². The number of halogens is 1. The summed E-state index contributed by atoms with van der Waals surface area (Å²) in [6, 6.07) is 10.3. The van der Waals surface area contributed by atoms with Gasteiger partial charge in [0.05, 0.1) is 6.04 Å². The molecule has 1 amide bonds. The first kappa shape index (κ1) is 16.0. The van der Waals surface area contributed by atoms with Crippen molar-refractivity contribution in [3.8, 4) is 0 Å². The molecule has 106 valence electrons. The van der Waals surface area contributed by atoms with E-state index in [2.05, 4.69) is 29.7 Å². The second-order valence-corrected chi connectivity index (χ2v) is 5.09. The van der Waals surface area contributed by atoms with Crippen LogP contribution in [0.5, 0.6) is 0 Å². The van der Waals surface area contributed by atoms with Crippen molar-refractivity contribution in [2.24, 2.45) is 11.8 Å². The first-order valence-corrected chi connectivity index (χ1v) is 6.78. The van der Waals surface area contributed by atoms with Crippen molar-refractivity contribution in [2.45, 2.75) is 26.3 Å². The maximum Gasteiger partial charge on any atom is 0.223 e. The summed E-state index contributed by atoms with van der Waals surface area (Å²) in [7, 11) is 0. The molecule has 0 aromatic heterocycles. The van der Waals surface area contributed by atoms with Crippen LogP contribution in [-0.4, -0.2) is 19.0 Å². The van der Waals surface area contributed by atoms with Crippen molar-refractivity contribution in [1.29, 1.82) is 0 Å². The summed E-state index contributed by atoms with van der Waals surface area (Å²) < 4.78 is 0. The van der Waals surface area contributed by atoms with Crippen LogP contribution in [0.2, 0.25) is 0 Å². The summed E-state index contributed by atoms with van der Waals surface area (Å²) in [5, 5.41) is 6.38. The highest BCUT2D eigenvalue weighted by Crippen LogP contribution is 2.20. The predicted octanol–water partition coefficient (Wildman–Crippen LogP) is 2.53. The highest BCUT2D eigenvalue weighted by molar-refractivity contribution is 5.85. The normalized spacial score (nSPS) is 17.8. The highest BCUT2D eigenvalue weighted by Gasteiger charge is 2.29. The van der Waals surface area contributed by atoms with Gasteiger partial charge in [0.1, 0.15) is 0 Å². The van der Waals surface area contributed by atoms with Crippen molar-refractivity contribution in [3.05, 3.63) is 35.9 Å². The molecule has 1 saturated heterocycles. The first-order chi connectivity index (χ1) is 8.72. The lowest BCUT2D eigenvalue weighted by Gasteiger charge is -2.32. The molecule has 19 heavy (non-hydrogen) atoms. The smallest absolute Gasteiger partial charge is 0.223 e. The van der Waals surface area contributed by atoms with Gasteiger partial charge in [-0.2, -0.15) is 0 Å². The lowest BCUT2D eigenvalue weighted by Crippen LogP contribution is -2.50. The zero-order chi connectivity index (χ0) is 13.0. The Morgan fingerprint density at radius 1 is 1.37 bits per heavy atom. The van der Waals surface area contributed by atoms with Crippen LogP contribution in [0.15, 0.2) is 30.3 Å². The number of rotatable bonds is 5. The predicted molar refractivity (Wildman–Crippen MR) is 80.4 cm³/mol. The van der Waals surface area contributed by atoms with E-state index in [1.165, 1.54) is 5.56 Å². The van der Waals surface area contributed by atoms with E-state index in [0.717, 1.165) is 19.5 Å². The van der Waals surface area contributed by atoms with Gasteiger partial charge in [0.15, 0.2) is 0 Å². The van der Waals surface area contributed by atoms with Gasteiger partial charge in [-0.3, -0.25) is 4.79 Å². The second-order valence-electron chi connectivity index (χ2n) is 5.09. The van der Waals surface area contributed by atoms with Crippen LogP contribution >= 0.6 is 12.4 Å². The quantitative estimate of drug-likeness (QED) is 0.871. The molecule has 2 unspecified atom stereocenters. The lowest BCUT2D eigenvalue weighted by molar-refractivity contribution is -0.127. The molecule has 4 heteroatoms. The Hall–Kier alpha value is -1.06. The summed E-state index contributed by atoms with van der Waals surface area (Å²) in [5.74, 6) is 0.777. The molecule has 1 heterocycles. The largest absolute Gasteiger partial charge is 0.349 e. The molecule has 0 aliphatic carbocycles. The Labute approximate surface area is 121 Å². The molecule has 1 fully saturated rings. The average Bonchev–Trinajstić information content (AvgIpc) is 2.34. The average molecular weight is 283 g/mol. The van der Waals surface area contributed by atoms with Crippen LogP contribution in [0.25, 0.3) is 0 Å². The fourth-order valence-corrected chi connectivity index (χ4v) is 2.29. The Balaban J connectivity index is 0.00000180. The zero-order valence-electron chi connectivity index (χ0n) is 11.6. The minimum atomic E-state index is 0. The van der Waals surface area contributed by atoms with Crippen molar-refractivity contribution in [1.82, 2.24) is 10.6 Å². The number of carbonyl (C=O) groups is 1. The Bertz CT molecular complexity index is 392. The van der Waals surface area contributed by atoms with E-state index in [4.69, 9.17) is 0 Å². The van der Waals surface area contributed by atoms with Gasteiger partial charge < -0.3 is 10.6 Å². The Morgan fingerprint density at radius 2 is 2.00 bits per heavy atom. The van der Waals surface area contributed by atoms with Gasteiger partial charge in [-0.1, -0.05) is 44.2 Å². The number of amides is 1. The first-order valence-electron chi connectivity index (χ1n) is 6.78. The van der Waals surface area contributed by atoms with Crippen LogP contribution in [0.4, 0.5) is 0 Å². The minimum Gasteiger partial charge on any atom is -0.349 e. The van der Waals surface area contributed by atoms with Gasteiger partial charge >= 0.3 is 0 Å². The van der Waals surface area contributed by atoms with Gasteiger partial charge in [-0.25, -0.2) is 0 Å². The number of hydrogen-bond acceptors (Lipinski definition) is 2. The molecule has 2 rings (SSSR count). The minimum absolute atomic E-state index is 0. The topological polar surface area (TPSA) is 41.1 Å². The molecular weight excluding hydrogens is 260 g/mol. The Kier molecular flexibility index (Phi) is 6.32. The third-order valence-corrected chi connectivity index (χ3v) is 3.86. The molecule has 1 aromatic carbocycles. The van der Waals surface area contributed by atoms with E-state index in [1.807, 2.05) is 25.1 Å². The summed E-state index contributed by atoms with van der Waals surface area (Å²) in [6.07, 6.45) is 0.922. The van der Waals surface area contributed by atoms with Gasteiger partial charge in [0.25, 0.3) is 0 Å². The summed E-state index contributed by atoms with van der Waals surface area (Å²) in [4.78, 5) is 12.2. The SMILES string of the molecule is CCC(NC(=O)C(C)C1CNC1)c1ccccc1.Cl. The molecule has 1 aromatic rings. The molecule has 0 radical (unpaired) electrons. The summed E-state index contributed by atoms with van der Waals surface area (Å²) >= 11 is 0. The van der Waals surface area contributed by atoms with E-state index in [9.17, 15) is 4.79 Å². The lowest BCUT2D eigenvalue weighted by atomic mass is 9.88. The fraction of sp³-hybridized carbons (Fsp3) is 0.533. The molecule has 3 nitrogen and oxygen atoms in total. The second kappa shape index (κ2) is 7.51. The van der Waals surface area contributed by atoms with Crippen molar-refractivity contribution >= 4 is 18.3 Å². The molecule has 1 aliphatic rings. The van der Waals surface area contributed by atoms with Crippen LogP contribution in [-0.2, 0) is 4.79 Å².